The molecule has 1 aliphatic rings. The number of fused-ring (bicyclic) bond motifs is 1. The molecule has 6 heteroatoms. The van der Waals surface area contributed by atoms with Crippen molar-refractivity contribution in [1.29, 1.82) is 0 Å². The lowest BCUT2D eigenvalue weighted by molar-refractivity contribution is -0.384. The number of hydrogen-bond donors (Lipinski definition) is 1. The molecule has 0 aliphatic carbocycles. The van der Waals surface area contributed by atoms with Crippen molar-refractivity contribution in [3.8, 4) is 5.75 Å². The van der Waals surface area contributed by atoms with Gasteiger partial charge >= 0.3 is 5.69 Å². The van der Waals surface area contributed by atoms with Crippen molar-refractivity contribution in [2.75, 3.05) is 11.9 Å². The molecule has 0 radical (unpaired) electrons. The SMILES string of the molecule is Cc1cnc(NCC2Cc3ccccc3O2)c([N+](=O)[O-])c1. The second-order valence-corrected chi connectivity index (χ2v) is 5.07. The van der Waals surface area contributed by atoms with Crippen LogP contribution in [0.3, 0.4) is 0 Å². The molecule has 2 aromatic rings. The van der Waals surface area contributed by atoms with Crippen LogP contribution in [0.5, 0.6) is 5.75 Å². The van der Waals surface area contributed by atoms with Crippen LogP contribution < -0.4 is 10.1 Å². The Hall–Kier alpha value is -2.63. The van der Waals surface area contributed by atoms with Gasteiger partial charge in [0.05, 0.1) is 11.5 Å². The van der Waals surface area contributed by atoms with E-state index in [0.29, 0.717) is 6.54 Å². The fraction of sp³-hybridized carbons (Fsp3) is 0.267. The summed E-state index contributed by atoms with van der Waals surface area (Å²) in [5.41, 5.74) is 1.91. The molecule has 1 atom stereocenters. The summed E-state index contributed by atoms with van der Waals surface area (Å²) >= 11 is 0. The smallest absolute Gasteiger partial charge is 0.311 e. The van der Waals surface area contributed by atoms with Crippen LogP contribution in [0.25, 0.3) is 0 Å². The highest BCUT2D eigenvalue weighted by Crippen LogP contribution is 2.29. The summed E-state index contributed by atoms with van der Waals surface area (Å²) in [5.74, 6) is 1.17. The number of nitrogens with zero attached hydrogens (tertiary/aromatic N) is 2. The van der Waals surface area contributed by atoms with Crippen molar-refractivity contribution in [3.63, 3.8) is 0 Å². The van der Waals surface area contributed by atoms with Gasteiger partial charge in [0, 0.05) is 18.7 Å². The average Bonchev–Trinajstić information content (AvgIpc) is 2.88. The summed E-state index contributed by atoms with van der Waals surface area (Å²) in [6.07, 6.45) is 2.37. The van der Waals surface area contributed by atoms with Gasteiger partial charge in [-0.3, -0.25) is 10.1 Å². The molecular weight excluding hydrogens is 270 g/mol. The van der Waals surface area contributed by atoms with Crippen LogP contribution >= 0.6 is 0 Å². The number of pyridine rings is 1. The molecule has 0 saturated heterocycles. The normalized spacial score (nSPS) is 16.1. The predicted molar refractivity (Wildman–Crippen MR) is 78.7 cm³/mol. The van der Waals surface area contributed by atoms with Crippen molar-refractivity contribution in [1.82, 2.24) is 4.98 Å². The number of hydrogen-bond acceptors (Lipinski definition) is 5. The van der Waals surface area contributed by atoms with Gasteiger partial charge in [0.2, 0.25) is 5.82 Å². The first kappa shape index (κ1) is 13.4. The molecule has 2 heterocycles. The maximum absolute atomic E-state index is 11.0. The van der Waals surface area contributed by atoms with E-state index in [4.69, 9.17) is 4.74 Å². The molecule has 1 unspecified atom stereocenters. The molecule has 21 heavy (non-hydrogen) atoms. The van der Waals surface area contributed by atoms with E-state index < -0.39 is 4.92 Å². The lowest BCUT2D eigenvalue weighted by Gasteiger charge is -2.12. The van der Waals surface area contributed by atoms with E-state index in [1.165, 1.54) is 6.07 Å². The summed E-state index contributed by atoms with van der Waals surface area (Å²) < 4.78 is 5.79. The number of anilines is 1. The summed E-state index contributed by atoms with van der Waals surface area (Å²) in [7, 11) is 0. The van der Waals surface area contributed by atoms with E-state index in [1.54, 1.807) is 13.1 Å². The number of aromatic nitrogens is 1. The van der Waals surface area contributed by atoms with Crippen LogP contribution in [-0.4, -0.2) is 22.6 Å². The minimum Gasteiger partial charge on any atom is -0.488 e. The second kappa shape index (κ2) is 5.40. The number of nitrogens with one attached hydrogen (secondary N) is 1. The van der Waals surface area contributed by atoms with Gasteiger partial charge in [0.15, 0.2) is 0 Å². The van der Waals surface area contributed by atoms with Gasteiger partial charge in [0.25, 0.3) is 0 Å². The Balaban J connectivity index is 1.68. The topological polar surface area (TPSA) is 77.3 Å². The molecule has 0 spiro atoms. The van der Waals surface area contributed by atoms with Crippen molar-refractivity contribution in [2.45, 2.75) is 19.4 Å². The van der Waals surface area contributed by atoms with Crippen LogP contribution in [-0.2, 0) is 6.42 Å². The Labute approximate surface area is 121 Å². The third-order valence-electron chi connectivity index (χ3n) is 3.41. The van der Waals surface area contributed by atoms with Crippen LogP contribution in [0.4, 0.5) is 11.5 Å². The molecule has 0 bridgehead atoms. The van der Waals surface area contributed by atoms with E-state index in [1.807, 2.05) is 24.3 Å². The monoisotopic (exact) mass is 285 g/mol. The van der Waals surface area contributed by atoms with Gasteiger partial charge in [-0.2, -0.15) is 0 Å². The molecule has 6 nitrogen and oxygen atoms in total. The molecular formula is C15H15N3O3. The van der Waals surface area contributed by atoms with Crippen molar-refractivity contribution in [2.24, 2.45) is 0 Å². The second-order valence-electron chi connectivity index (χ2n) is 5.07. The number of rotatable bonds is 4. The number of para-hydroxylation sites is 1. The average molecular weight is 285 g/mol. The fourth-order valence-electron chi connectivity index (χ4n) is 2.41. The zero-order valence-electron chi connectivity index (χ0n) is 11.6. The van der Waals surface area contributed by atoms with Crippen LogP contribution in [0.15, 0.2) is 36.5 Å². The van der Waals surface area contributed by atoms with Gasteiger partial charge in [0.1, 0.15) is 11.9 Å². The number of ether oxygens (including phenoxy) is 1. The number of nitro groups is 1. The van der Waals surface area contributed by atoms with E-state index in [-0.39, 0.29) is 17.6 Å². The first-order chi connectivity index (χ1) is 10.1. The van der Waals surface area contributed by atoms with Gasteiger partial charge in [-0.25, -0.2) is 4.98 Å². The third kappa shape index (κ3) is 2.79. The first-order valence-electron chi connectivity index (χ1n) is 6.73. The van der Waals surface area contributed by atoms with E-state index in [2.05, 4.69) is 10.3 Å². The Morgan fingerprint density at radius 2 is 2.29 bits per heavy atom. The molecule has 0 saturated carbocycles. The predicted octanol–water partition coefficient (Wildman–Crippen LogP) is 2.71. The Kier molecular flexibility index (Phi) is 3.43. The summed E-state index contributed by atoms with van der Waals surface area (Å²) in [5, 5.41) is 14.1. The summed E-state index contributed by atoms with van der Waals surface area (Å²) in [6.45, 7) is 2.26. The van der Waals surface area contributed by atoms with E-state index >= 15 is 0 Å². The van der Waals surface area contributed by atoms with Crippen LogP contribution in [0, 0.1) is 17.0 Å². The van der Waals surface area contributed by atoms with Crippen molar-refractivity contribution in [3.05, 3.63) is 57.8 Å². The van der Waals surface area contributed by atoms with Gasteiger partial charge < -0.3 is 10.1 Å². The molecule has 3 rings (SSSR count). The van der Waals surface area contributed by atoms with Crippen molar-refractivity contribution >= 4 is 11.5 Å². The highest BCUT2D eigenvalue weighted by atomic mass is 16.6. The van der Waals surface area contributed by atoms with E-state index in [0.717, 1.165) is 23.3 Å². The first-order valence-corrected chi connectivity index (χ1v) is 6.73. The van der Waals surface area contributed by atoms with Gasteiger partial charge in [-0.1, -0.05) is 18.2 Å². The summed E-state index contributed by atoms with van der Waals surface area (Å²) in [6, 6.07) is 9.38. The molecule has 108 valence electrons. The van der Waals surface area contributed by atoms with Crippen LogP contribution in [0.1, 0.15) is 11.1 Å². The zero-order chi connectivity index (χ0) is 14.8. The zero-order valence-corrected chi connectivity index (χ0v) is 11.6. The van der Waals surface area contributed by atoms with E-state index in [9.17, 15) is 10.1 Å². The standard InChI is InChI=1S/C15H15N3O3/c1-10-6-13(18(19)20)15(16-8-10)17-9-12-7-11-4-2-3-5-14(11)21-12/h2-6,8,12H,7,9H2,1H3,(H,16,17). The maximum Gasteiger partial charge on any atom is 0.311 e. The van der Waals surface area contributed by atoms with Crippen molar-refractivity contribution < 1.29 is 9.66 Å². The lowest BCUT2D eigenvalue weighted by atomic mass is 10.1. The minimum absolute atomic E-state index is 0.00879. The highest BCUT2D eigenvalue weighted by molar-refractivity contribution is 5.56. The largest absolute Gasteiger partial charge is 0.488 e. The highest BCUT2D eigenvalue weighted by Gasteiger charge is 2.23. The van der Waals surface area contributed by atoms with Gasteiger partial charge in [-0.15, -0.1) is 0 Å². The van der Waals surface area contributed by atoms with Crippen LogP contribution in [0.2, 0.25) is 0 Å². The number of benzene rings is 1. The number of aryl methyl sites for hydroxylation is 1. The molecule has 0 fully saturated rings. The Morgan fingerprint density at radius 1 is 1.48 bits per heavy atom. The maximum atomic E-state index is 11.0. The summed E-state index contributed by atoms with van der Waals surface area (Å²) in [4.78, 5) is 14.7. The molecule has 1 aliphatic heterocycles. The van der Waals surface area contributed by atoms with Gasteiger partial charge in [-0.05, 0) is 24.1 Å². The Morgan fingerprint density at radius 3 is 3.05 bits per heavy atom. The quantitative estimate of drug-likeness (QED) is 0.690. The Bertz CT molecular complexity index is 663. The third-order valence-corrected chi connectivity index (χ3v) is 3.41. The fourth-order valence-corrected chi connectivity index (χ4v) is 2.41. The lowest BCUT2D eigenvalue weighted by Crippen LogP contribution is -2.24. The molecule has 1 aromatic carbocycles. The molecule has 0 amide bonds. The molecule has 1 aromatic heterocycles. The molecule has 1 N–H and O–H groups in total. The minimum atomic E-state index is -0.424.